The van der Waals surface area contributed by atoms with Crippen LogP contribution in [0.2, 0.25) is 0 Å². The van der Waals surface area contributed by atoms with Crippen molar-refractivity contribution in [1.82, 2.24) is 9.88 Å². The topological polar surface area (TPSA) is 59.2 Å². The Hall–Kier alpha value is -0.360. The Morgan fingerprint density at radius 1 is 1.43 bits per heavy atom. The van der Waals surface area contributed by atoms with Crippen molar-refractivity contribution in [3.8, 4) is 0 Å². The number of thiazole rings is 1. The minimum atomic E-state index is 0. The summed E-state index contributed by atoms with van der Waals surface area (Å²) in [5.74, 6) is 1.34. The lowest BCUT2D eigenvalue weighted by atomic mass is 9.92. The molecular formula is C16H29Cl2N3OS. The molecule has 0 aromatic carbocycles. The first-order chi connectivity index (χ1) is 9.92. The van der Waals surface area contributed by atoms with Gasteiger partial charge in [0.2, 0.25) is 0 Å². The highest BCUT2D eigenvalue weighted by Gasteiger charge is 2.31. The van der Waals surface area contributed by atoms with E-state index in [-0.39, 0.29) is 36.8 Å². The van der Waals surface area contributed by atoms with Gasteiger partial charge in [0.1, 0.15) is 4.88 Å². The van der Waals surface area contributed by atoms with Crippen molar-refractivity contribution in [2.24, 2.45) is 17.6 Å². The van der Waals surface area contributed by atoms with E-state index in [1.807, 2.05) is 11.8 Å². The van der Waals surface area contributed by atoms with Gasteiger partial charge in [0.05, 0.1) is 10.7 Å². The van der Waals surface area contributed by atoms with E-state index >= 15 is 0 Å². The van der Waals surface area contributed by atoms with Crippen molar-refractivity contribution in [2.45, 2.75) is 53.0 Å². The molecule has 2 atom stereocenters. The molecule has 1 amide bonds. The second-order valence-corrected chi connectivity index (χ2v) is 7.72. The molecule has 1 fully saturated rings. The number of carbonyl (C=O) groups excluding carboxylic acids is 1. The van der Waals surface area contributed by atoms with Gasteiger partial charge in [0, 0.05) is 25.6 Å². The monoisotopic (exact) mass is 381 g/mol. The molecule has 2 N–H and O–H groups in total. The molecule has 7 heteroatoms. The van der Waals surface area contributed by atoms with Crippen molar-refractivity contribution in [2.75, 3.05) is 13.1 Å². The number of aromatic nitrogens is 1. The van der Waals surface area contributed by atoms with Crippen LogP contribution in [0.15, 0.2) is 0 Å². The van der Waals surface area contributed by atoms with Gasteiger partial charge >= 0.3 is 0 Å². The van der Waals surface area contributed by atoms with Gasteiger partial charge < -0.3 is 10.6 Å². The van der Waals surface area contributed by atoms with E-state index in [4.69, 9.17) is 5.73 Å². The molecule has 1 aliphatic rings. The average molecular weight is 382 g/mol. The molecule has 134 valence electrons. The third kappa shape index (κ3) is 5.59. The van der Waals surface area contributed by atoms with Crippen molar-refractivity contribution in [1.29, 1.82) is 0 Å². The Balaban J connectivity index is 0.00000242. The summed E-state index contributed by atoms with van der Waals surface area (Å²) in [7, 11) is 0. The van der Waals surface area contributed by atoms with E-state index in [0.29, 0.717) is 18.4 Å². The number of nitrogens with zero attached hydrogens (tertiary/aromatic N) is 2. The molecule has 0 saturated carbocycles. The number of amides is 1. The predicted octanol–water partition coefficient (Wildman–Crippen LogP) is 3.69. The van der Waals surface area contributed by atoms with Crippen LogP contribution in [0.5, 0.6) is 0 Å². The minimum absolute atomic E-state index is 0. The Kier molecular flexibility index (Phi) is 9.67. The smallest absolute Gasteiger partial charge is 0.266 e. The Labute approximate surface area is 156 Å². The summed E-state index contributed by atoms with van der Waals surface area (Å²) < 4.78 is 0. The van der Waals surface area contributed by atoms with E-state index in [0.717, 1.165) is 41.4 Å². The normalized spacial score (nSPS) is 20.9. The van der Waals surface area contributed by atoms with Crippen LogP contribution >= 0.6 is 36.2 Å². The van der Waals surface area contributed by atoms with Crippen LogP contribution < -0.4 is 5.73 Å². The number of nitrogens with two attached hydrogens (primary N) is 1. The molecule has 4 nitrogen and oxygen atoms in total. The van der Waals surface area contributed by atoms with Gasteiger partial charge in [-0.1, -0.05) is 20.8 Å². The minimum Gasteiger partial charge on any atom is -0.334 e. The number of carbonyl (C=O) groups is 1. The number of hydrogen-bond acceptors (Lipinski definition) is 4. The van der Waals surface area contributed by atoms with Crippen molar-refractivity contribution >= 4 is 42.1 Å². The zero-order chi connectivity index (χ0) is 15.6. The molecule has 2 rings (SSSR count). The van der Waals surface area contributed by atoms with Gasteiger partial charge in [0.25, 0.3) is 5.91 Å². The first kappa shape index (κ1) is 22.6. The summed E-state index contributed by atoms with van der Waals surface area (Å²) in [6.07, 6.45) is 3.02. The lowest BCUT2D eigenvalue weighted by Crippen LogP contribution is -2.49. The number of hydrogen-bond donors (Lipinski definition) is 1. The summed E-state index contributed by atoms with van der Waals surface area (Å²) in [6, 6.07) is 0.177. The highest BCUT2D eigenvalue weighted by atomic mass is 35.5. The predicted molar refractivity (Wildman–Crippen MR) is 102 cm³/mol. The number of rotatable bonds is 4. The SMILES string of the molecule is Cc1nc(CC(C)C)sc1C(=O)N1CCC(C)CC1CN.Cl.Cl. The van der Waals surface area contributed by atoms with Crippen LogP contribution in [0, 0.1) is 18.8 Å². The van der Waals surface area contributed by atoms with E-state index in [1.54, 1.807) is 11.3 Å². The summed E-state index contributed by atoms with van der Waals surface area (Å²) >= 11 is 1.56. The van der Waals surface area contributed by atoms with Crippen molar-refractivity contribution < 1.29 is 4.79 Å². The molecular weight excluding hydrogens is 353 g/mol. The van der Waals surface area contributed by atoms with E-state index < -0.39 is 0 Å². The van der Waals surface area contributed by atoms with Crippen LogP contribution in [0.3, 0.4) is 0 Å². The van der Waals surface area contributed by atoms with Crippen LogP contribution in [0.25, 0.3) is 0 Å². The summed E-state index contributed by atoms with van der Waals surface area (Å²) in [5.41, 5.74) is 6.75. The molecule has 1 aliphatic heterocycles. The Morgan fingerprint density at radius 2 is 2.09 bits per heavy atom. The fourth-order valence-corrected chi connectivity index (χ4v) is 4.19. The first-order valence-corrected chi connectivity index (χ1v) is 8.71. The second-order valence-electron chi connectivity index (χ2n) is 6.64. The van der Waals surface area contributed by atoms with Crippen LogP contribution in [0.1, 0.15) is 54.0 Å². The number of likely N-dealkylation sites (tertiary alicyclic amines) is 1. The van der Waals surface area contributed by atoms with Crippen LogP contribution in [0.4, 0.5) is 0 Å². The molecule has 23 heavy (non-hydrogen) atoms. The molecule has 0 aliphatic carbocycles. The quantitative estimate of drug-likeness (QED) is 0.864. The van der Waals surface area contributed by atoms with Gasteiger partial charge in [-0.2, -0.15) is 0 Å². The third-order valence-corrected chi connectivity index (χ3v) is 5.30. The van der Waals surface area contributed by atoms with E-state index in [1.165, 1.54) is 0 Å². The first-order valence-electron chi connectivity index (χ1n) is 7.89. The average Bonchev–Trinajstić information content (AvgIpc) is 2.77. The van der Waals surface area contributed by atoms with Crippen LogP contribution in [-0.2, 0) is 6.42 Å². The number of piperidine rings is 1. The highest BCUT2D eigenvalue weighted by molar-refractivity contribution is 7.13. The standard InChI is InChI=1S/C16H27N3OS.2ClH/c1-10(2)7-14-18-12(4)15(21-14)16(20)19-6-5-11(3)8-13(19)9-17;;/h10-11,13H,5-9,17H2,1-4H3;2*1H. The van der Waals surface area contributed by atoms with E-state index in [2.05, 4.69) is 25.8 Å². The lowest BCUT2D eigenvalue weighted by Gasteiger charge is -2.37. The molecule has 1 aromatic rings. The Bertz CT molecular complexity index is 508. The van der Waals surface area contributed by atoms with Gasteiger partial charge in [-0.3, -0.25) is 4.79 Å². The fourth-order valence-electron chi connectivity index (χ4n) is 2.96. The van der Waals surface area contributed by atoms with Crippen molar-refractivity contribution in [3.05, 3.63) is 15.6 Å². The third-order valence-electron chi connectivity index (χ3n) is 4.13. The zero-order valence-electron chi connectivity index (χ0n) is 14.4. The maximum absolute atomic E-state index is 12.8. The van der Waals surface area contributed by atoms with Gasteiger partial charge in [-0.15, -0.1) is 36.2 Å². The fraction of sp³-hybridized carbons (Fsp3) is 0.750. The van der Waals surface area contributed by atoms with Crippen molar-refractivity contribution in [3.63, 3.8) is 0 Å². The molecule has 0 bridgehead atoms. The number of aryl methyl sites for hydroxylation is 1. The maximum atomic E-state index is 12.8. The summed E-state index contributed by atoms with van der Waals surface area (Å²) in [5, 5.41) is 1.07. The van der Waals surface area contributed by atoms with Gasteiger partial charge in [-0.25, -0.2) is 4.98 Å². The second kappa shape index (κ2) is 9.82. The summed E-state index contributed by atoms with van der Waals surface area (Å²) in [4.78, 5) is 20.2. The molecule has 0 radical (unpaired) electrons. The largest absolute Gasteiger partial charge is 0.334 e. The molecule has 1 saturated heterocycles. The van der Waals surface area contributed by atoms with Gasteiger partial charge in [-0.05, 0) is 31.6 Å². The molecule has 1 aromatic heterocycles. The Morgan fingerprint density at radius 3 is 2.65 bits per heavy atom. The van der Waals surface area contributed by atoms with Crippen LogP contribution in [-0.4, -0.2) is 34.9 Å². The zero-order valence-corrected chi connectivity index (χ0v) is 16.8. The maximum Gasteiger partial charge on any atom is 0.266 e. The van der Waals surface area contributed by atoms with Gasteiger partial charge in [0.15, 0.2) is 0 Å². The summed E-state index contributed by atoms with van der Waals surface area (Å²) in [6.45, 7) is 9.90. The highest BCUT2D eigenvalue weighted by Crippen LogP contribution is 2.27. The lowest BCUT2D eigenvalue weighted by molar-refractivity contribution is 0.0577. The van der Waals surface area contributed by atoms with E-state index in [9.17, 15) is 4.79 Å². The molecule has 2 unspecified atom stereocenters. The molecule has 0 spiro atoms. The molecule has 2 heterocycles. The number of halogens is 2.